The number of β-amino-alcohol motifs (C(OH)–C–C–N with tert-alkyl or cyclic N) is 1. The number of nitrogens with zero attached hydrogens (tertiary/aromatic N) is 5. The molecule has 1 aliphatic heterocycles. The molecule has 0 spiro atoms. The van der Waals surface area contributed by atoms with Gasteiger partial charge in [-0.05, 0) is 26.0 Å². The molecule has 3 rings (SSSR count). The van der Waals surface area contributed by atoms with Gasteiger partial charge in [0.1, 0.15) is 0 Å². The van der Waals surface area contributed by atoms with Crippen molar-refractivity contribution in [2.24, 2.45) is 0 Å². The lowest BCUT2D eigenvalue weighted by Gasteiger charge is -2.39. The molecule has 1 aliphatic rings. The summed E-state index contributed by atoms with van der Waals surface area (Å²) in [7, 11) is 0. The Bertz CT molecular complexity index is 616. The minimum absolute atomic E-state index is 0.290. The molecule has 2 aromatic rings. The van der Waals surface area contributed by atoms with E-state index in [2.05, 4.69) is 31.8 Å². The number of hydrogen-bond donors (Lipinski definition) is 1. The van der Waals surface area contributed by atoms with E-state index in [0.29, 0.717) is 24.3 Å². The first-order valence-electron chi connectivity index (χ1n) is 7.99. The third-order valence-corrected chi connectivity index (χ3v) is 4.09. The van der Waals surface area contributed by atoms with E-state index in [1.54, 1.807) is 12.4 Å². The molecule has 0 saturated carbocycles. The van der Waals surface area contributed by atoms with Gasteiger partial charge in [0.2, 0.25) is 11.7 Å². The van der Waals surface area contributed by atoms with Gasteiger partial charge in [0.15, 0.2) is 0 Å². The Balaban J connectivity index is 1.58. The van der Waals surface area contributed by atoms with Crippen molar-refractivity contribution in [3.8, 4) is 11.4 Å². The van der Waals surface area contributed by atoms with Crippen LogP contribution in [0.15, 0.2) is 29.0 Å². The van der Waals surface area contributed by atoms with Crippen molar-refractivity contribution in [3.63, 3.8) is 0 Å². The molecule has 7 heteroatoms. The maximum atomic E-state index is 9.54. The molecule has 1 fully saturated rings. The molecule has 0 amide bonds. The van der Waals surface area contributed by atoms with Crippen LogP contribution in [0.3, 0.4) is 0 Å². The van der Waals surface area contributed by atoms with E-state index in [9.17, 15) is 5.11 Å². The zero-order chi connectivity index (χ0) is 16.2. The number of aliphatic hydroxyl groups is 1. The molecule has 0 radical (unpaired) electrons. The molecular formula is C16H23N5O2. The lowest BCUT2D eigenvalue weighted by Crippen LogP contribution is -2.53. The van der Waals surface area contributed by atoms with E-state index >= 15 is 0 Å². The Morgan fingerprint density at radius 2 is 2.30 bits per heavy atom. The summed E-state index contributed by atoms with van der Waals surface area (Å²) in [5, 5.41) is 13.6. The smallest absolute Gasteiger partial charge is 0.241 e. The van der Waals surface area contributed by atoms with Crippen molar-refractivity contribution < 1.29 is 9.63 Å². The van der Waals surface area contributed by atoms with Crippen molar-refractivity contribution in [1.82, 2.24) is 24.9 Å². The highest BCUT2D eigenvalue weighted by atomic mass is 16.5. The molecule has 2 aromatic heterocycles. The molecule has 1 N–H and O–H groups in total. The van der Waals surface area contributed by atoms with E-state index in [-0.39, 0.29) is 6.10 Å². The fraction of sp³-hybridized carbons (Fsp3) is 0.562. The highest BCUT2D eigenvalue weighted by Crippen LogP contribution is 2.16. The standard InChI is InChI=1S/C16H23N5O2/c1-12-9-20(6-7-21(12)10-13(2)22)11-15-18-16(19-23-15)14-4-3-5-17-8-14/h3-5,8,12-13,22H,6-7,9-11H2,1-2H3. The van der Waals surface area contributed by atoms with E-state index in [1.165, 1.54) is 0 Å². The average molecular weight is 317 g/mol. The summed E-state index contributed by atoms with van der Waals surface area (Å²) in [5.74, 6) is 1.20. The molecule has 2 atom stereocenters. The van der Waals surface area contributed by atoms with Gasteiger partial charge in [-0.3, -0.25) is 14.8 Å². The highest BCUT2D eigenvalue weighted by Gasteiger charge is 2.25. The van der Waals surface area contributed by atoms with Gasteiger partial charge in [0.25, 0.3) is 0 Å². The first-order valence-corrected chi connectivity index (χ1v) is 7.99. The summed E-state index contributed by atoms with van der Waals surface area (Å²) in [5.41, 5.74) is 0.859. The Labute approximate surface area is 135 Å². The second-order valence-corrected chi connectivity index (χ2v) is 6.18. The van der Waals surface area contributed by atoms with E-state index in [0.717, 1.165) is 31.7 Å². The fourth-order valence-corrected chi connectivity index (χ4v) is 2.95. The number of hydrogen-bond acceptors (Lipinski definition) is 7. The SMILES string of the molecule is CC(O)CN1CCN(Cc2nc(-c3cccnc3)no2)CC1C. The van der Waals surface area contributed by atoms with E-state index in [1.807, 2.05) is 19.1 Å². The van der Waals surface area contributed by atoms with E-state index in [4.69, 9.17) is 4.52 Å². The van der Waals surface area contributed by atoms with Crippen LogP contribution < -0.4 is 0 Å². The topological polar surface area (TPSA) is 78.5 Å². The fourth-order valence-electron chi connectivity index (χ4n) is 2.95. The third kappa shape index (κ3) is 4.13. The molecule has 23 heavy (non-hydrogen) atoms. The Hall–Kier alpha value is -1.83. The van der Waals surface area contributed by atoms with Gasteiger partial charge in [-0.1, -0.05) is 5.16 Å². The van der Waals surface area contributed by atoms with Crippen LogP contribution in [-0.4, -0.2) is 68.4 Å². The number of rotatable bonds is 5. The quantitative estimate of drug-likeness (QED) is 0.882. The van der Waals surface area contributed by atoms with Gasteiger partial charge in [-0.2, -0.15) is 4.98 Å². The highest BCUT2D eigenvalue weighted by molar-refractivity contribution is 5.51. The molecule has 0 bridgehead atoms. The van der Waals surface area contributed by atoms with Crippen LogP contribution in [-0.2, 0) is 6.54 Å². The van der Waals surface area contributed by atoms with Crippen LogP contribution >= 0.6 is 0 Å². The normalized spacial score (nSPS) is 21.4. The number of piperazine rings is 1. The molecule has 7 nitrogen and oxygen atoms in total. The summed E-state index contributed by atoms with van der Waals surface area (Å²) in [4.78, 5) is 13.1. The second-order valence-electron chi connectivity index (χ2n) is 6.18. The molecule has 0 aromatic carbocycles. The molecule has 2 unspecified atom stereocenters. The van der Waals surface area contributed by atoms with Crippen molar-refractivity contribution in [2.75, 3.05) is 26.2 Å². The summed E-state index contributed by atoms with van der Waals surface area (Å²) in [6.45, 7) is 8.19. The number of aromatic nitrogens is 3. The molecule has 124 valence electrons. The summed E-state index contributed by atoms with van der Waals surface area (Å²) >= 11 is 0. The molecular weight excluding hydrogens is 294 g/mol. The zero-order valence-electron chi connectivity index (χ0n) is 13.6. The maximum absolute atomic E-state index is 9.54. The van der Waals surface area contributed by atoms with Gasteiger partial charge < -0.3 is 9.63 Å². The van der Waals surface area contributed by atoms with Crippen LogP contribution in [0, 0.1) is 0 Å². The third-order valence-electron chi connectivity index (χ3n) is 4.09. The van der Waals surface area contributed by atoms with Gasteiger partial charge in [-0.25, -0.2) is 0 Å². The lowest BCUT2D eigenvalue weighted by molar-refractivity contribution is 0.0385. The summed E-state index contributed by atoms with van der Waals surface area (Å²) < 4.78 is 5.36. The van der Waals surface area contributed by atoms with Crippen molar-refractivity contribution in [2.45, 2.75) is 32.5 Å². The van der Waals surface area contributed by atoms with Gasteiger partial charge in [-0.15, -0.1) is 0 Å². The van der Waals surface area contributed by atoms with Crippen molar-refractivity contribution in [1.29, 1.82) is 0 Å². The number of pyridine rings is 1. The predicted molar refractivity (Wildman–Crippen MR) is 85.5 cm³/mol. The summed E-state index contributed by atoms with van der Waals surface area (Å²) in [6, 6.07) is 4.17. The molecule has 3 heterocycles. The van der Waals surface area contributed by atoms with Crippen LogP contribution in [0.5, 0.6) is 0 Å². The molecule has 0 aliphatic carbocycles. The van der Waals surface area contributed by atoms with E-state index < -0.39 is 0 Å². The van der Waals surface area contributed by atoms with Gasteiger partial charge in [0.05, 0.1) is 12.6 Å². The first kappa shape index (κ1) is 16.0. The maximum Gasteiger partial charge on any atom is 0.241 e. The minimum atomic E-state index is -0.290. The largest absolute Gasteiger partial charge is 0.392 e. The number of aliphatic hydroxyl groups excluding tert-OH is 1. The Kier molecular flexibility index (Phi) is 5.00. The van der Waals surface area contributed by atoms with Crippen LogP contribution in [0.25, 0.3) is 11.4 Å². The van der Waals surface area contributed by atoms with Gasteiger partial charge >= 0.3 is 0 Å². The van der Waals surface area contributed by atoms with Crippen molar-refractivity contribution in [3.05, 3.63) is 30.4 Å². The van der Waals surface area contributed by atoms with Crippen LogP contribution in [0.4, 0.5) is 0 Å². The van der Waals surface area contributed by atoms with Gasteiger partial charge in [0, 0.05) is 50.2 Å². The Morgan fingerprint density at radius 1 is 1.43 bits per heavy atom. The predicted octanol–water partition coefficient (Wildman–Crippen LogP) is 1.02. The second kappa shape index (κ2) is 7.16. The van der Waals surface area contributed by atoms with Crippen LogP contribution in [0.1, 0.15) is 19.7 Å². The zero-order valence-corrected chi connectivity index (χ0v) is 13.6. The summed E-state index contributed by atoms with van der Waals surface area (Å²) in [6.07, 6.45) is 3.16. The lowest BCUT2D eigenvalue weighted by atomic mass is 10.1. The minimum Gasteiger partial charge on any atom is -0.392 e. The average Bonchev–Trinajstić information content (AvgIpc) is 2.99. The van der Waals surface area contributed by atoms with Crippen molar-refractivity contribution >= 4 is 0 Å². The van der Waals surface area contributed by atoms with Crippen LogP contribution in [0.2, 0.25) is 0 Å². The molecule has 1 saturated heterocycles. The Morgan fingerprint density at radius 3 is 3.00 bits per heavy atom. The monoisotopic (exact) mass is 317 g/mol. The first-order chi connectivity index (χ1) is 11.1.